The predicted octanol–water partition coefficient (Wildman–Crippen LogP) is 18.1. The van der Waals surface area contributed by atoms with Gasteiger partial charge in [0.05, 0.1) is 5.41 Å². The van der Waals surface area contributed by atoms with E-state index >= 15 is 0 Å². The number of benzene rings is 11. The molecule has 11 aromatic rings. The van der Waals surface area contributed by atoms with Crippen molar-refractivity contribution in [3.63, 3.8) is 0 Å². The van der Waals surface area contributed by atoms with Crippen LogP contribution in [0.25, 0.3) is 66.1 Å². The summed E-state index contributed by atoms with van der Waals surface area (Å²) in [5, 5.41) is 4.96. The molecule has 0 atom stereocenters. The summed E-state index contributed by atoms with van der Waals surface area (Å²) in [5.74, 6) is 0. The van der Waals surface area contributed by atoms with E-state index in [4.69, 9.17) is 0 Å². The number of anilines is 3. The Labute approximate surface area is 411 Å². The summed E-state index contributed by atoms with van der Waals surface area (Å²) < 4.78 is 0. The molecular formula is C69H51N. The zero-order valence-electron chi connectivity index (χ0n) is 40.0. The zero-order valence-corrected chi connectivity index (χ0v) is 40.0. The van der Waals surface area contributed by atoms with Crippen LogP contribution in [0.1, 0.15) is 72.2 Å². The van der Waals surface area contributed by atoms with E-state index in [0.29, 0.717) is 0 Å². The minimum atomic E-state index is -0.390. The molecule has 3 aliphatic carbocycles. The van der Waals surface area contributed by atoms with Crippen LogP contribution in [-0.2, 0) is 16.2 Å². The van der Waals surface area contributed by atoms with E-state index in [9.17, 15) is 0 Å². The molecule has 14 rings (SSSR count). The quantitative estimate of drug-likeness (QED) is 0.156. The maximum atomic E-state index is 2.46. The maximum Gasteiger partial charge on any atom is 0.0719 e. The summed E-state index contributed by atoms with van der Waals surface area (Å²) in [7, 11) is 0. The van der Waals surface area contributed by atoms with Crippen molar-refractivity contribution in [1.82, 2.24) is 0 Å². The first-order valence-corrected chi connectivity index (χ1v) is 24.8. The van der Waals surface area contributed by atoms with E-state index < -0.39 is 5.41 Å². The highest BCUT2D eigenvalue weighted by atomic mass is 15.1. The van der Waals surface area contributed by atoms with E-state index in [2.05, 4.69) is 269 Å². The lowest BCUT2D eigenvalue weighted by Gasteiger charge is -2.46. The molecule has 0 aliphatic heterocycles. The van der Waals surface area contributed by atoms with E-state index in [1.165, 1.54) is 111 Å². The predicted molar refractivity (Wildman–Crippen MR) is 294 cm³/mol. The van der Waals surface area contributed by atoms with Gasteiger partial charge in [-0.3, -0.25) is 0 Å². The van der Waals surface area contributed by atoms with Crippen molar-refractivity contribution in [3.8, 4) is 44.5 Å². The van der Waals surface area contributed by atoms with E-state index in [-0.39, 0.29) is 10.8 Å². The topological polar surface area (TPSA) is 3.24 Å². The van der Waals surface area contributed by atoms with Crippen molar-refractivity contribution >= 4 is 38.6 Å². The third-order valence-corrected chi connectivity index (χ3v) is 16.5. The zero-order chi connectivity index (χ0) is 46.9. The van der Waals surface area contributed by atoms with Gasteiger partial charge >= 0.3 is 0 Å². The van der Waals surface area contributed by atoms with Crippen molar-refractivity contribution in [3.05, 3.63) is 281 Å². The highest BCUT2D eigenvalue weighted by Crippen LogP contribution is 2.62. The van der Waals surface area contributed by atoms with Crippen LogP contribution in [0.3, 0.4) is 0 Å². The molecule has 1 heteroatoms. The fraction of sp³-hybridized carbons (Fsp3) is 0.101. The Morgan fingerprint density at radius 3 is 1.40 bits per heavy atom. The Morgan fingerprint density at radius 2 is 0.700 bits per heavy atom. The van der Waals surface area contributed by atoms with Crippen molar-refractivity contribution in [2.45, 2.75) is 43.9 Å². The van der Waals surface area contributed by atoms with E-state index in [1.54, 1.807) is 0 Å². The Kier molecular flexibility index (Phi) is 8.66. The van der Waals surface area contributed by atoms with Gasteiger partial charge in [0.15, 0.2) is 0 Å². The minimum absolute atomic E-state index is 0.107. The molecule has 0 unspecified atom stereocenters. The van der Waals surface area contributed by atoms with Gasteiger partial charge in [0, 0.05) is 27.9 Å². The highest BCUT2D eigenvalue weighted by molar-refractivity contribution is 6.10. The van der Waals surface area contributed by atoms with Crippen LogP contribution in [0, 0.1) is 0 Å². The van der Waals surface area contributed by atoms with Crippen LogP contribution in [-0.4, -0.2) is 0 Å². The van der Waals surface area contributed by atoms with Gasteiger partial charge in [0.2, 0.25) is 0 Å². The first-order chi connectivity index (χ1) is 34.2. The molecule has 0 N–H and O–H groups in total. The average Bonchev–Trinajstić information content (AvgIpc) is 3.83. The summed E-state index contributed by atoms with van der Waals surface area (Å²) in [6.07, 6.45) is 0. The number of hydrogen-bond acceptors (Lipinski definition) is 1. The molecule has 3 aliphatic rings. The van der Waals surface area contributed by atoms with Gasteiger partial charge in [-0.05, 0) is 159 Å². The maximum absolute atomic E-state index is 2.46. The molecule has 0 bridgehead atoms. The largest absolute Gasteiger partial charge is 0.310 e. The van der Waals surface area contributed by atoms with Crippen molar-refractivity contribution < 1.29 is 0 Å². The summed E-state index contributed by atoms with van der Waals surface area (Å²) in [6.45, 7) is 9.50. The summed E-state index contributed by atoms with van der Waals surface area (Å²) in [5.41, 5.74) is 24.1. The Hall–Kier alpha value is -8.26. The van der Waals surface area contributed by atoms with E-state index in [0.717, 1.165) is 17.1 Å². The molecule has 0 amide bonds. The monoisotopic (exact) mass is 893 g/mol. The standard InChI is InChI=1S/C69H51N/c1-67(2)59-20-10-8-18-55(59)57-38-35-52(43-66(57)67)70(50-32-28-45(29-33-50)44-16-6-5-7-17-44)51-34-37-54-49(41-51)27-26-48-40-46(30-36-53(48)54)47-31-39-61-58(42-47)56-19-9-11-21-60(56)69(61)64-24-14-12-22-62(64)68(3,4)63-23-13-15-25-65(63)69/h5-43H,1-4H3. The molecule has 11 aromatic carbocycles. The summed E-state index contributed by atoms with van der Waals surface area (Å²) >= 11 is 0. The van der Waals surface area contributed by atoms with Gasteiger partial charge in [0.1, 0.15) is 0 Å². The van der Waals surface area contributed by atoms with Gasteiger partial charge < -0.3 is 4.90 Å². The Bertz CT molecular complexity index is 3900. The lowest BCUT2D eigenvalue weighted by molar-refractivity contribution is 0.563. The van der Waals surface area contributed by atoms with Crippen LogP contribution in [0.5, 0.6) is 0 Å². The molecule has 0 saturated carbocycles. The third kappa shape index (κ3) is 5.67. The fourth-order valence-electron chi connectivity index (χ4n) is 13.1. The first kappa shape index (κ1) is 40.8. The molecule has 1 nitrogen and oxygen atoms in total. The second kappa shape index (κ2) is 14.9. The van der Waals surface area contributed by atoms with Gasteiger partial charge in [-0.15, -0.1) is 0 Å². The lowest BCUT2D eigenvalue weighted by atomic mass is 9.55. The summed E-state index contributed by atoms with van der Waals surface area (Å²) in [4.78, 5) is 2.43. The molecule has 0 fully saturated rings. The van der Waals surface area contributed by atoms with Crippen LogP contribution >= 0.6 is 0 Å². The number of nitrogens with zero attached hydrogens (tertiary/aromatic N) is 1. The third-order valence-electron chi connectivity index (χ3n) is 16.5. The SMILES string of the molecule is CC1(C)c2ccccc2-c2ccc(N(c3ccc(-c4ccccc4)cc3)c3ccc4c(ccc5cc(-c6ccc7c(c6)-c6ccccc6C76c7ccccc7C(C)(C)c7ccccc76)ccc54)c3)cc21. The van der Waals surface area contributed by atoms with Crippen molar-refractivity contribution in [2.75, 3.05) is 4.90 Å². The molecule has 0 heterocycles. The van der Waals surface area contributed by atoms with Crippen LogP contribution in [0.15, 0.2) is 237 Å². The second-order valence-corrected chi connectivity index (χ2v) is 20.8. The minimum Gasteiger partial charge on any atom is -0.310 e. The summed E-state index contributed by atoms with van der Waals surface area (Å²) in [6, 6.07) is 89.1. The van der Waals surface area contributed by atoms with Gasteiger partial charge in [-0.2, -0.15) is 0 Å². The van der Waals surface area contributed by atoms with Crippen LogP contribution < -0.4 is 4.90 Å². The Morgan fingerprint density at radius 1 is 0.257 bits per heavy atom. The molecule has 332 valence electrons. The molecule has 0 radical (unpaired) electrons. The van der Waals surface area contributed by atoms with Crippen LogP contribution in [0.4, 0.5) is 17.1 Å². The molecular weight excluding hydrogens is 843 g/mol. The molecule has 0 saturated heterocycles. The number of rotatable bonds is 5. The van der Waals surface area contributed by atoms with Gasteiger partial charge in [-0.25, -0.2) is 0 Å². The average molecular weight is 894 g/mol. The molecule has 0 aromatic heterocycles. The van der Waals surface area contributed by atoms with Crippen molar-refractivity contribution in [2.24, 2.45) is 0 Å². The Balaban J connectivity index is 0.866. The van der Waals surface area contributed by atoms with Crippen LogP contribution in [0.2, 0.25) is 0 Å². The van der Waals surface area contributed by atoms with Gasteiger partial charge in [0.25, 0.3) is 0 Å². The smallest absolute Gasteiger partial charge is 0.0719 e. The number of fused-ring (bicyclic) bond motifs is 15. The second-order valence-electron chi connectivity index (χ2n) is 20.8. The lowest BCUT2D eigenvalue weighted by Crippen LogP contribution is -2.40. The highest BCUT2D eigenvalue weighted by Gasteiger charge is 2.53. The van der Waals surface area contributed by atoms with Crippen molar-refractivity contribution in [1.29, 1.82) is 0 Å². The van der Waals surface area contributed by atoms with Gasteiger partial charge in [-0.1, -0.05) is 216 Å². The number of hydrogen-bond donors (Lipinski definition) is 0. The first-order valence-electron chi connectivity index (χ1n) is 24.8. The fourth-order valence-corrected chi connectivity index (χ4v) is 13.1. The molecule has 1 spiro atoms. The van der Waals surface area contributed by atoms with E-state index in [1.807, 2.05) is 0 Å². The molecule has 70 heavy (non-hydrogen) atoms. The normalized spacial score (nSPS) is 14.9.